The number of ether oxygens (including phenoxy) is 2. The van der Waals surface area contributed by atoms with Gasteiger partial charge in [0.2, 0.25) is 0 Å². The quantitative estimate of drug-likeness (QED) is 0.195. The van der Waals surface area contributed by atoms with Crippen molar-refractivity contribution in [2.45, 2.75) is 51.8 Å². The molecule has 1 aromatic heterocycles. The zero-order chi connectivity index (χ0) is 32.7. The highest BCUT2D eigenvalue weighted by atomic mass is 79.9. The van der Waals surface area contributed by atoms with Crippen LogP contribution >= 0.6 is 15.9 Å². The first-order valence-corrected chi connectivity index (χ1v) is 15.1. The van der Waals surface area contributed by atoms with Crippen molar-refractivity contribution in [3.05, 3.63) is 87.3 Å². The Kier molecular flexibility index (Phi) is 10.6. The van der Waals surface area contributed by atoms with Crippen LogP contribution in [0, 0.1) is 28.5 Å². The lowest BCUT2D eigenvalue weighted by molar-refractivity contribution is -0.134. The van der Waals surface area contributed by atoms with E-state index in [0.29, 0.717) is 53.9 Å². The van der Waals surface area contributed by atoms with Crippen molar-refractivity contribution in [1.29, 1.82) is 10.5 Å². The van der Waals surface area contributed by atoms with Crippen LogP contribution in [0.5, 0.6) is 0 Å². The van der Waals surface area contributed by atoms with Crippen molar-refractivity contribution in [2.24, 2.45) is 0 Å². The maximum Gasteiger partial charge on any atom is 0.410 e. The van der Waals surface area contributed by atoms with Gasteiger partial charge in [-0.1, -0.05) is 30.3 Å². The minimum Gasteiger partial charge on any atom is -0.466 e. The van der Waals surface area contributed by atoms with E-state index < -0.39 is 23.5 Å². The number of hydrogen-bond acceptors (Lipinski definition) is 8. The zero-order valence-electron chi connectivity index (χ0n) is 25.5. The molecule has 2 aromatic carbocycles. The van der Waals surface area contributed by atoms with Crippen LogP contribution in [-0.4, -0.2) is 53.8 Å². The molecule has 9 nitrogen and oxygen atoms in total. The number of pyridine rings is 1. The first-order valence-electron chi connectivity index (χ1n) is 14.3. The summed E-state index contributed by atoms with van der Waals surface area (Å²) in [6.45, 7) is 6.85. The molecule has 0 radical (unpaired) electrons. The van der Waals surface area contributed by atoms with Crippen LogP contribution < -0.4 is 4.90 Å². The molecule has 232 valence electrons. The van der Waals surface area contributed by atoms with Crippen LogP contribution in [0.4, 0.5) is 15.0 Å². The number of esters is 1. The van der Waals surface area contributed by atoms with Gasteiger partial charge in [0, 0.05) is 48.0 Å². The maximum absolute atomic E-state index is 14.5. The van der Waals surface area contributed by atoms with Gasteiger partial charge in [0.25, 0.3) is 0 Å². The number of methoxy groups -OCH3 is 1. The Morgan fingerprint density at radius 2 is 1.82 bits per heavy atom. The van der Waals surface area contributed by atoms with Gasteiger partial charge in [-0.15, -0.1) is 0 Å². The number of hydrogen-bond donors (Lipinski definition) is 0. The molecule has 0 bridgehead atoms. The molecule has 1 aliphatic heterocycles. The standard InChI is InChI=1S/C34H33BrFN5O4/c1-34(2,3)45-33(43)41(21-23-7-5-22(6-8-23)9-12-30(42)44-4)26-13-15-40(16-14-26)32-27(19-38)31(28(35)20-39-32)24-10-11-25(18-37)29(36)17-24/h5-12,17,20,26H,13-16,21H2,1-4H3/b12-9+. The second-order valence-corrected chi connectivity index (χ2v) is 12.4. The van der Waals surface area contributed by atoms with Crippen LogP contribution in [0.25, 0.3) is 17.2 Å². The van der Waals surface area contributed by atoms with E-state index in [2.05, 4.69) is 31.7 Å². The molecule has 0 atom stereocenters. The number of halogens is 2. The smallest absolute Gasteiger partial charge is 0.410 e. The Hall–Kier alpha value is -4.74. The van der Waals surface area contributed by atoms with Gasteiger partial charge in [-0.25, -0.2) is 19.0 Å². The van der Waals surface area contributed by atoms with E-state index in [-0.39, 0.29) is 17.2 Å². The molecule has 0 aliphatic carbocycles. The lowest BCUT2D eigenvalue weighted by Crippen LogP contribution is -2.48. The van der Waals surface area contributed by atoms with Gasteiger partial charge in [-0.2, -0.15) is 10.5 Å². The first kappa shape index (κ1) is 33.2. The Morgan fingerprint density at radius 3 is 2.40 bits per heavy atom. The molecule has 1 aliphatic rings. The van der Waals surface area contributed by atoms with Crippen molar-refractivity contribution in [3.63, 3.8) is 0 Å². The molecule has 4 rings (SSSR count). The SMILES string of the molecule is COC(=O)/C=C/c1ccc(CN(C(=O)OC(C)(C)C)C2CCN(c3ncc(Br)c(-c4ccc(C#N)c(F)c4)c3C#N)CC2)cc1. The van der Waals surface area contributed by atoms with Crippen LogP contribution in [0.1, 0.15) is 55.9 Å². The Labute approximate surface area is 270 Å². The van der Waals surface area contributed by atoms with Crippen molar-refractivity contribution >= 4 is 39.9 Å². The average molecular weight is 675 g/mol. The number of nitrogens with zero attached hydrogens (tertiary/aromatic N) is 5. The summed E-state index contributed by atoms with van der Waals surface area (Å²) in [5, 5.41) is 19.3. The first-order chi connectivity index (χ1) is 21.4. The number of nitriles is 2. The molecule has 1 fully saturated rings. The minimum atomic E-state index is -0.678. The molecule has 0 unspecified atom stereocenters. The van der Waals surface area contributed by atoms with Crippen molar-refractivity contribution in [2.75, 3.05) is 25.1 Å². The number of piperidine rings is 1. The van der Waals surface area contributed by atoms with Crippen molar-refractivity contribution in [1.82, 2.24) is 9.88 Å². The summed E-state index contributed by atoms with van der Waals surface area (Å²) in [7, 11) is 1.32. The predicted octanol–water partition coefficient (Wildman–Crippen LogP) is 6.99. The van der Waals surface area contributed by atoms with E-state index in [1.807, 2.05) is 56.0 Å². The molecule has 0 N–H and O–H groups in total. The lowest BCUT2D eigenvalue weighted by atomic mass is 9.98. The summed E-state index contributed by atoms with van der Waals surface area (Å²) in [5.41, 5.74) is 2.20. The third-order valence-electron chi connectivity index (χ3n) is 7.28. The van der Waals surface area contributed by atoms with E-state index in [1.165, 1.54) is 25.3 Å². The van der Waals surface area contributed by atoms with Gasteiger partial charge in [-0.3, -0.25) is 0 Å². The molecule has 1 amide bonds. The fourth-order valence-electron chi connectivity index (χ4n) is 5.08. The predicted molar refractivity (Wildman–Crippen MR) is 171 cm³/mol. The minimum absolute atomic E-state index is 0.0781. The van der Waals surface area contributed by atoms with Crippen molar-refractivity contribution < 1.29 is 23.5 Å². The number of aromatic nitrogens is 1. The van der Waals surface area contributed by atoms with Crippen molar-refractivity contribution in [3.8, 4) is 23.3 Å². The van der Waals surface area contributed by atoms with Gasteiger partial charge in [-0.05, 0) is 84.4 Å². The van der Waals surface area contributed by atoms with Crippen LogP contribution in [-0.2, 0) is 20.8 Å². The normalized spacial score (nSPS) is 13.6. The molecule has 0 saturated carbocycles. The molecular formula is C34H33BrFN5O4. The fraction of sp³-hybridized carbons (Fsp3) is 0.324. The highest BCUT2D eigenvalue weighted by Gasteiger charge is 2.33. The Balaban J connectivity index is 1.56. The highest BCUT2D eigenvalue weighted by Crippen LogP contribution is 2.37. The van der Waals surface area contributed by atoms with Gasteiger partial charge in [0.1, 0.15) is 34.9 Å². The molecular weight excluding hydrogens is 641 g/mol. The summed E-state index contributed by atoms with van der Waals surface area (Å²) in [6.07, 6.45) is 5.38. The molecule has 11 heteroatoms. The number of amides is 1. The van der Waals surface area contributed by atoms with E-state index in [4.69, 9.17) is 10.00 Å². The van der Waals surface area contributed by atoms with Crippen LogP contribution in [0.2, 0.25) is 0 Å². The van der Waals surface area contributed by atoms with E-state index >= 15 is 0 Å². The Morgan fingerprint density at radius 1 is 1.13 bits per heavy atom. The van der Waals surface area contributed by atoms with Gasteiger partial charge in [0.15, 0.2) is 0 Å². The molecule has 2 heterocycles. The van der Waals surface area contributed by atoms with Gasteiger partial charge in [0.05, 0.1) is 12.7 Å². The third kappa shape index (κ3) is 8.25. The topological polar surface area (TPSA) is 120 Å². The number of carbonyl (C=O) groups excluding carboxylic acids is 2. The summed E-state index contributed by atoms with van der Waals surface area (Å²) < 4.78 is 25.4. The lowest BCUT2D eigenvalue weighted by Gasteiger charge is -2.39. The second kappa shape index (κ2) is 14.4. The number of carbonyl (C=O) groups is 2. The summed E-state index contributed by atoms with van der Waals surface area (Å²) in [4.78, 5) is 33.1. The number of rotatable bonds is 7. The molecule has 1 saturated heterocycles. The van der Waals surface area contributed by atoms with Crippen LogP contribution in [0.3, 0.4) is 0 Å². The number of benzene rings is 2. The highest BCUT2D eigenvalue weighted by molar-refractivity contribution is 9.10. The summed E-state index contributed by atoms with van der Waals surface area (Å²) in [5.74, 6) is -0.640. The fourth-order valence-corrected chi connectivity index (χ4v) is 5.61. The van der Waals surface area contributed by atoms with E-state index in [0.717, 1.165) is 11.1 Å². The number of anilines is 1. The molecule has 45 heavy (non-hydrogen) atoms. The summed E-state index contributed by atoms with van der Waals surface area (Å²) in [6, 6.07) is 15.7. The average Bonchev–Trinajstić information content (AvgIpc) is 3.02. The monoisotopic (exact) mass is 673 g/mol. The van der Waals surface area contributed by atoms with E-state index in [9.17, 15) is 19.2 Å². The molecule has 3 aromatic rings. The van der Waals surface area contributed by atoms with Gasteiger partial charge < -0.3 is 19.3 Å². The molecule has 0 spiro atoms. The third-order valence-corrected chi connectivity index (χ3v) is 7.88. The van der Waals surface area contributed by atoms with Crippen LogP contribution in [0.15, 0.2) is 59.2 Å². The van der Waals surface area contributed by atoms with E-state index in [1.54, 1.807) is 23.2 Å². The maximum atomic E-state index is 14.5. The van der Waals surface area contributed by atoms with Gasteiger partial charge >= 0.3 is 12.1 Å². The zero-order valence-corrected chi connectivity index (χ0v) is 27.1. The second-order valence-electron chi connectivity index (χ2n) is 11.5. The summed E-state index contributed by atoms with van der Waals surface area (Å²) >= 11 is 3.46. The largest absolute Gasteiger partial charge is 0.466 e. The Bertz CT molecular complexity index is 1680.